The fourth-order valence-corrected chi connectivity index (χ4v) is 1.51. The lowest BCUT2D eigenvalue weighted by Crippen LogP contribution is -2.07. The second kappa shape index (κ2) is 3.71. The van der Waals surface area contributed by atoms with Gasteiger partial charge in [-0.3, -0.25) is 0 Å². The zero-order valence-electron chi connectivity index (χ0n) is 8.16. The van der Waals surface area contributed by atoms with Crippen molar-refractivity contribution in [2.45, 2.75) is 32.0 Å². The Labute approximate surface area is 82.5 Å². The largest absolute Gasteiger partial charge is 0.478 e. The van der Waals surface area contributed by atoms with Crippen molar-refractivity contribution in [3.05, 3.63) is 11.1 Å². The van der Waals surface area contributed by atoms with Gasteiger partial charge in [-0.2, -0.15) is 0 Å². The number of hydrogen-bond acceptors (Lipinski definition) is 3. The number of ether oxygens (including phenoxy) is 2. The molecular weight excluding hydrogens is 184 g/mol. The zero-order chi connectivity index (χ0) is 10.1. The van der Waals surface area contributed by atoms with E-state index in [4.69, 9.17) is 14.6 Å². The first kappa shape index (κ1) is 9.68. The SMILES string of the molecule is CC(CC1CO1)=C(CC1CO1)C(=O)O. The predicted octanol–water partition coefficient (Wildman–Crippen LogP) is 0.965. The second-order valence-electron chi connectivity index (χ2n) is 3.88. The molecule has 0 aromatic heterocycles. The van der Waals surface area contributed by atoms with E-state index in [2.05, 4.69) is 0 Å². The second-order valence-corrected chi connectivity index (χ2v) is 3.88. The molecule has 14 heavy (non-hydrogen) atoms. The molecule has 2 atom stereocenters. The Bertz CT molecular complexity index is 274. The fourth-order valence-electron chi connectivity index (χ4n) is 1.51. The molecule has 2 rings (SSSR count). The van der Waals surface area contributed by atoms with Gasteiger partial charge in [-0.05, 0) is 13.3 Å². The van der Waals surface area contributed by atoms with Crippen LogP contribution in [-0.2, 0) is 14.3 Å². The van der Waals surface area contributed by atoms with Gasteiger partial charge in [0.2, 0.25) is 0 Å². The molecule has 0 amide bonds. The lowest BCUT2D eigenvalue weighted by molar-refractivity contribution is -0.132. The number of rotatable bonds is 5. The van der Waals surface area contributed by atoms with Crippen LogP contribution >= 0.6 is 0 Å². The van der Waals surface area contributed by atoms with Gasteiger partial charge in [-0.25, -0.2) is 4.79 Å². The van der Waals surface area contributed by atoms with E-state index in [-0.39, 0.29) is 12.2 Å². The van der Waals surface area contributed by atoms with Crippen molar-refractivity contribution in [1.82, 2.24) is 0 Å². The molecular formula is C10H14O4. The summed E-state index contributed by atoms with van der Waals surface area (Å²) in [7, 11) is 0. The molecule has 0 radical (unpaired) electrons. The Morgan fingerprint density at radius 1 is 1.29 bits per heavy atom. The normalized spacial score (nSPS) is 30.9. The van der Waals surface area contributed by atoms with Crippen molar-refractivity contribution >= 4 is 5.97 Å². The molecule has 0 aliphatic carbocycles. The zero-order valence-corrected chi connectivity index (χ0v) is 8.16. The van der Waals surface area contributed by atoms with E-state index in [1.165, 1.54) is 0 Å². The topological polar surface area (TPSA) is 62.4 Å². The van der Waals surface area contributed by atoms with Crippen LogP contribution in [0.2, 0.25) is 0 Å². The van der Waals surface area contributed by atoms with Gasteiger partial charge in [0.05, 0.1) is 25.4 Å². The smallest absolute Gasteiger partial charge is 0.331 e. The summed E-state index contributed by atoms with van der Waals surface area (Å²) in [6.07, 6.45) is 1.67. The average Bonchev–Trinajstić information content (AvgIpc) is 2.94. The fraction of sp³-hybridized carbons (Fsp3) is 0.700. The average molecular weight is 198 g/mol. The van der Waals surface area contributed by atoms with E-state index in [0.29, 0.717) is 18.6 Å². The van der Waals surface area contributed by atoms with Crippen LogP contribution in [0.1, 0.15) is 19.8 Å². The number of carboxylic acids is 1. The van der Waals surface area contributed by atoms with E-state index in [1.54, 1.807) is 0 Å². The molecule has 2 aliphatic heterocycles. The van der Waals surface area contributed by atoms with Crippen molar-refractivity contribution in [1.29, 1.82) is 0 Å². The molecule has 4 heteroatoms. The van der Waals surface area contributed by atoms with Gasteiger partial charge in [-0.1, -0.05) is 5.57 Å². The standard InChI is InChI=1S/C10H14O4/c1-6(2-7-4-13-7)9(10(11)12)3-8-5-14-8/h7-8H,2-5H2,1H3,(H,11,12). The summed E-state index contributed by atoms with van der Waals surface area (Å²) >= 11 is 0. The highest BCUT2D eigenvalue weighted by Gasteiger charge is 2.29. The molecule has 2 aliphatic rings. The molecule has 0 spiro atoms. The number of hydrogen-bond donors (Lipinski definition) is 1. The maximum absolute atomic E-state index is 11.0. The third kappa shape index (κ3) is 2.56. The van der Waals surface area contributed by atoms with Crippen LogP contribution in [0.5, 0.6) is 0 Å². The Morgan fingerprint density at radius 3 is 2.21 bits per heavy atom. The minimum absolute atomic E-state index is 0.135. The van der Waals surface area contributed by atoms with Crippen LogP contribution in [0.25, 0.3) is 0 Å². The van der Waals surface area contributed by atoms with E-state index >= 15 is 0 Å². The summed E-state index contributed by atoms with van der Waals surface area (Å²) in [4.78, 5) is 11.0. The summed E-state index contributed by atoms with van der Waals surface area (Å²) < 4.78 is 10.1. The number of aliphatic carboxylic acids is 1. The van der Waals surface area contributed by atoms with E-state index in [9.17, 15) is 4.79 Å². The monoisotopic (exact) mass is 198 g/mol. The summed E-state index contributed by atoms with van der Waals surface area (Å²) in [5.74, 6) is -0.821. The third-order valence-corrected chi connectivity index (χ3v) is 2.54. The third-order valence-electron chi connectivity index (χ3n) is 2.54. The van der Waals surface area contributed by atoms with Gasteiger partial charge in [0.1, 0.15) is 0 Å². The summed E-state index contributed by atoms with van der Waals surface area (Å²) in [5.41, 5.74) is 1.43. The molecule has 2 fully saturated rings. The lowest BCUT2D eigenvalue weighted by atomic mass is 10.0. The van der Waals surface area contributed by atoms with Crippen LogP contribution in [0, 0.1) is 0 Å². The van der Waals surface area contributed by atoms with E-state index in [1.807, 2.05) is 6.92 Å². The van der Waals surface area contributed by atoms with Crippen molar-refractivity contribution in [2.24, 2.45) is 0 Å². The van der Waals surface area contributed by atoms with Gasteiger partial charge < -0.3 is 14.6 Å². The van der Waals surface area contributed by atoms with Crippen LogP contribution in [0.4, 0.5) is 0 Å². The number of epoxide rings is 2. The summed E-state index contributed by atoms with van der Waals surface area (Å²) in [5, 5.41) is 9.00. The van der Waals surface area contributed by atoms with Gasteiger partial charge in [0, 0.05) is 12.0 Å². The van der Waals surface area contributed by atoms with E-state index < -0.39 is 5.97 Å². The van der Waals surface area contributed by atoms with Crippen LogP contribution in [0.15, 0.2) is 11.1 Å². The Balaban J connectivity index is 1.99. The van der Waals surface area contributed by atoms with Crippen LogP contribution in [-0.4, -0.2) is 36.5 Å². The van der Waals surface area contributed by atoms with Crippen molar-refractivity contribution in [3.63, 3.8) is 0 Å². The van der Waals surface area contributed by atoms with Gasteiger partial charge >= 0.3 is 5.97 Å². The Morgan fingerprint density at radius 2 is 1.79 bits per heavy atom. The highest BCUT2D eigenvalue weighted by atomic mass is 16.6. The van der Waals surface area contributed by atoms with Crippen molar-refractivity contribution < 1.29 is 19.4 Å². The van der Waals surface area contributed by atoms with Gasteiger partial charge in [-0.15, -0.1) is 0 Å². The van der Waals surface area contributed by atoms with Crippen LogP contribution < -0.4 is 0 Å². The Hall–Kier alpha value is -0.870. The molecule has 78 valence electrons. The quantitative estimate of drug-likeness (QED) is 0.528. The molecule has 0 aromatic carbocycles. The highest BCUT2D eigenvalue weighted by molar-refractivity contribution is 5.87. The van der Waals surface area contributed by atoms with Crippen molar-refractivity contribution in [2.75, 3.05) is 13.2 Å². The minimum atomic E-state index is -0.821. The van der Waals surface area contributed by atoms with Gasteiger partial charge in [0.15, 0.2) is 0 Å². The first-order chi connectivity index (χ1) is 6.66. The first-order valence-electron chi connectivity index (χ1n) is 4.82. The maximum Gasteiger partial charge on any atom is 0.331 e. The lowest BCUT2D eigenvalue weighted by Gasteiger charge is -2.05. The first-order valence-corrected chi connectivity index (χ1v) is 4.82. The summed E-state index contributed by atoms with van der Waals surface area (Å²) in [6.45, 7) is 3.33. The Kier molecular flexibility index (Phi) is 2.56. The minimum Gasteiger partial charge on any atom is -0.478 e. The maximum atomic E-state index is 11.0. The molecule has 0 bridgehead atoms. The van der Waals surface area contributed by atoms with Crippen molar-refractivity contribution in [3.8, 4) is 0 Å². The highest BCUT2D eigenvalue weighted by Crippen LogP contribution is 2.26. The molecule has 0 aromatic rings. The number of carbonyl (C=O) groups is 1. The molecule has 4 nitrogen and oxygen atoms in total. The molecule has 2 unspecified atom stereocenters. The summed E-state index contributed by atoms with van der Waals surface area (Å²) in [6, 6.07) is 0. The van der Waals surface area contributed by atoms with Crippen LogP contribution in [0.3, 0.4) is 0 Å². The molecule has 0 saturated carbocycles. The van der Waals surface area contributed by atoms with E-state index in [0.717, 1.165) is 18.6 Å². The molecule has 2 heterocycles. The molecule has 1 N–H and O–H groups in total. The number of carboxylic acid groups (broad SMARTS) is 1. The predicted molar refractivity (Wildman–Crippen MR) is 49.0 cm³/mol. The molecule has 2 saturated heterocycles. The van der Waals surface area contributed by atoms with Gasteiger partial charge in [0.25, 0.3) is 0 Å².